The van der Waals surface area contributed by atoms with Crippen molar-refractivity contribution in [3.8, 4) is 0 Å². The summed E-state index contributed by atoms with van der Waals surface area (Å²) in [5, 5.41) is 2.75. The van der Waals surface area contributed by atoms with E-state index < -0.39 is 0 Å². The van der Waals surface area contributed by atoms with Crippen molar-refractivity contribution in [3.63, 3.8) is 0 Å². The van der Waals surface area contributed by atoms with Gasteiger partial charge in [-0.2, -0.15) is 0 Å². The van der Waals surface area contributed by atoms with E-state index in [4.69, 9.17) is 0 Å². The standard InChI is InChI=1S/C17H15N5O3/c1-21-13-4-2-3-5-14(13)22(17(21)25)9-15(23)18-10-6-7-11-12(8-10)20-16(24)19-11/h2-8H,9H2,1H3,(H,18,23)(H2,19,20,24). The number of para-hydroxylation sites is 2. The van der Waals surface area contributed by atoms with E-state index in [2.05, 4.69) is 15.3 Å². The van der Waals surface area contributed by atoms with Gasteiger partial charge in [-0.05, 0) is 30.3 Å². The number of amides is 1. The van der Waals surface area contributed by atoms with Crippen LogP contribution in [-0.2, 0) is 18.4 Å². The van der Waals surface area contributed by atoms with E-state index in [1.54, 1.807) is 31.3 Å². The van der Waals surface area contributed by atoms with E-state index in [1.165, 1.54) is 9.13 Å². The number of hydrogen-bond acceptors (Lipinski definition) is 3. The predicted octanol–water partition coefficient (Wildman–Crippen LogP) is 1.15. The van der Waals surface area contributed by atoms with Gasteiger partial charge >= 0.3 is 11.4 Å². The lowest BCUT2D eigenvalue weighted by atomic mass is 10.2. The lowest BCUT2D eigenvalue weighted by Gasteiger charge is -2.06. The van der Waals surface area contributed by atoms with Gasteiger partial charge in [0.15, 0.2) is 0 Å². The minimum absolute atomic E-state index is 0.0954. The lowest BCUT2D eigenvalue weighted by Crippen LogP contribution is -2.28. The fourth-order valence-electron chi connectivity index (χ4n) is 2.97. The van der Waals surface area contributed by atoms with Crippen molar-refractivity contribution in [1.29, 1.82) is 0 Å². The van der Waals surface area contributed by atoms with Crippen molar-refractivity contribution in [3.05, 3.63) is 63.4 Å². The molecule has 0 aliphatic carbocycles. The Morgan fingerprint density at radius 1 is 1.04 bits per heavy atom. The first-order chi connectivity index (χ1) is 12.0. The molecule has 0 spiro atoms. The van der Waals surface area contributed by atoms with Gasteiger partial charge in [-0.3, -0.25) is 13.9 Å². The summed E-state index contributed by atoms with van der Waals surface area (Å²) in [6, 6.07) is 12.4. The minimum Gasteiger partial charge on any atom is -0.324 e. The summed E-state index contributed by atoms with van der Waals surface area (Å²) in [6.07, 6.45) is 0. The molecule has 1 amide bonds. The van der Waals surface area contributed by atoms with E-state index >= 15 is 0 Å². The molecule has 0 atom stereocenters. The van der Waals surface area contributed by atoms with Gasteiger partial charge < -0.3 is 15.3 Å². The molecule has 126 valence electrons. The highest BCUT2D eigenvalue weighted by atomic mass is 16.2. The summed E-state index contributed by atoms with van der Waals surface area (Å²) >= 11 is 0. The fraction of sp³-hybridized carbons (Fsp3) is 0.118. The number of aryl methyl sites for hydroxylation is 1. The number of carbonyl (C=O) groups excluding carboxylic acids is 1. The summed E-state index contributed by atoms with van der Waals surface area (Å²) in [5.41, 5.74) is 2.73. The van der Waals surface area contributed by atoms with E-state index in [-0.39, 0.29) is 23.8 Å². The Morgan fingerprint density at radius 3 is 2.56 bits per heavy atom. The molecule has 2 aromatic carbocycles. The van der Waals surface area contributed by atoms with Crippen molar-refractivity contribution >= 4 is 33.7 Å². The summed E-state index contributed by atoms with van der Waals surface area (Å²) in [4.78, 5) is 41.3. The molecular formula is C17H15N5O3. The zero-order valence-corrected chi connectivity index (χ0v) is 13.4. The third-order valence-electron chi connectivity index (χ3n) is 4.15. The lowest BCUT2D eigenvalue weighted by molar-refractivity contribution is -0.116. The number of rotatable bonds is 3. The second-order valence-electron chi connectivity index (χ2n) is 5.80. The van der Waals surface area contributed by atoms with Crippen LogP contribution in [0.3, 0.4) is 0 Å². The highest BCUT2D eigenvalue weighted by Crippen LogP contribution is 2.15. The molecule has 0 fully saturated rings. The number of aromatic amines is 2. The highest BCUT2D eigenvalue weighted by molar-refractivity contribution is 5.93. The zero-order chi connectivity index (χ0) is 17.6. The Balaban J connectivity index is 1.62. The third-order valence-corrected chi connectivity index (χ3v) is 4.15. The number of aromatic nitrogens is 4. The average molecular weight is 337 g/mol. The first-order valence-corrected chi connectivity index (χ1v) is 7.69. The van der Waals surface area contributed by atoms with Crippen LogP contribution in [0.4, 0.5) is 5.69 Å². The van der Waals surface area contributed by atoms with Crippen LogP contribution in [-0.4, -0.2) is 25.0 Å². The van der Waals surface area contributed by atoms with Crippen molar-refractivity contribution in [1.82, 2.24) is 19.1 Å². The molecule has 2 aromatic heterocycles. The number of carbonyl (C=O) groups is 1. The van der Waals surface area contributed by atoms with Crippen LogP contribution in [0.5, 0.6) is 0 Å². The molecule has 0 bridgehead atoms. The van der Waals surface area contributed by atoms with Crippen molar-refractivity contribution in [2.24, 2.45) is 7.05 Å². The monoisotopic (exact) mass is 337 g/mol. The highest BCUT2D eigenvalue weighted by Gasteiger charge is 2.13. The summed E-state index contributed by atoms with van der Waals surface area (Å²) in [7, 11) is 1.68. The van der Waals surface area contributed by atoms with E-state index in [0.29, 0.717) is 22.2 Å². The normalized spacial score (nSPS) is 11.2. The number of H-pyrrole nitrogens is 2. The molecule has 0 aliphatic heterocycles. The van der Waals surface area contributed by atoms with Gasteiger partial charge in [-0.1, -0.05) is 12.1 Å². The second kappa shape index (κ2) is 5.52. The van der Waals surface area contributed by atoms with E-state index in [9.17, 15) is 14.4 Å². The summed E-state index contributed by atoms with van der Waals surface area (Å²) in [5.74, 6) is -0.323. The van der Waals surface area contributed by atoms with Crippen LogP contribution in [0.2, 0.25) is 0 Å². The van der Waals surface area contributed by atoms with Gasteiger partial charge in [-0.25, -0.2) is 9.59 Å². The Labute approximate surface area is 140 Å². The van der Waals surface area contributed by atoms with E-state index in [0.717, 1.165) is 5.52 Å². The van der Waals surface area contributed by atoms with Crippen LogP contribution in [0.25, 0.3) is 22.1 Å². The van der Waals surface area contributed by atoms with Gasteiger partial charge in [0.1, 0.15) is 6.54 Å². The molecule has 0 saturated heterocycles. The van der Waals surface area contributed by atoms with Gasteiger partial charge in [0.05, 0.1) is 22.1 Å². The van der Waals surface area contributed by atoms with Crippen LogP contribution in [0.15, 0.2) is 52.1 Å². The van der Waals surface area contributed by atoms with Crippen LogP contribution in [0, 0.1) is 0 Å². The van der Waals surface area contributed by atoms with Crippen molar-refractivity contribution in [2.75, 3.05) is 5.32 Å². The Morgan fingerprint density at radius 2 is 1.76 bits per heavy atom. The SMILES string of the molecule is Cn1c(=O)n(CC(=O)Nc2ccc3[nH]c(=O)[nH]c3c2)c2ccccc21. The number of nitrogens with zero attached hydrogens (tertiary/aromatic N) is 2. The zero-order valence-electron chi connectivity index (χ0n) is 13.4. The molecule has 8 heteroatoms. The topological polar surface area (TPSA) is 105 Å². The number of nitrogens with one attached hydrogen (secondary N) is 3. The first-order valence-electron chi connectivity index (χ1n) is 7.69. The minimum atomic E-state index is -0.323. The molecule has 25 heavy (non-hydrogen) atoms. The van der Waals surface area contributed by atoms with Crippen LogP contribution in [0.1, 0.15) is 0 Å². The molecule has 4 aromatic rings. The maximum Gasteiger partial charge on any atom is 0.329 e. The first kappa shape index (κ1) is 15.0. The summed E-state index contributed by atoms with van der Waals surface area (Å²) in [6.45, 7) is -0.0954. The maximum absolute atomic E-state index is 12.4. The maximum atomic E-state index is 12.4. The Kier molecular flexibility index (Phi) is 3.31. The number of fused-ring (bicyclic) bond motifs is 2. The molecule has 4 rings (SSSR count). The molecule has 0 unspecified atom stereocenters. The molecule has 8 nitrogen and oxygen atoms in total. The quantitative estimate of drug-likeness (QED) is 0.522. The summed E-state index contributed by atoms with van der Waals surface area (Å²) < 4.78 is 2.95. The van der Waals surface area contributed by atoms with Gasteiger partial charge in [0, 0.05) is 12.7 Å². The Bertz CT molecular complexity index is 1220. The fourth-order valence-corrected chi connectivity index (χ4v) is 2.97. The van der Waals surface area contributed by atoms with Crippen molar-refractivity contribution in [2.45, 2.75) is 6.54 Å². The van der Waals surface area contributed by atoms with Gasteiger partial charge in [0.2, 0.25) is 5.91 Å². The number of benzene rings is 2. The molecule has 3 N–H and O–H groups in total. The van der Waals surface area contributed by atoms with Gasteiger partial charge in [-0.15, -0.1) is 0 Å². The second-order valence-corrected chi connectivity index (χ2v) is 5.80. The number of imidazole rings is 2. The average Bonchev–Trinajstić information content (AvgIpc) is 3.07. The van der Waals surface area contributed by atoms with Crippen LogP contribution < -0.4 is 16.7 Å². The number of hydrogen-bond donors (Lipinski definition) is 3. The molecule has 0 radical (unpaired) electrons. The van der Waals surface area contributed by atoms with Gasteiger partial charge in [0.25, 0.3) is 0 Å². The largest absolute Gasteiger partial charge is 0.329 e. The smallest absolute Gasteiger partial charge is 0.324 e. The Hall–Kier alpha value is -3.55. The molecular weight excluding hydrogens is 322 g/mol. The van der Waals surface area contributed by atoms with Crippen molar-refractivity contribution < 1.29 is 4.79 Å². The number of anilines is 1. The van der Waals surface area contributed by atoms with E-state index in [1.807, 2.05) is 18.2 Å². The molecule has 0 aliphatic rings. The predicted molar refractivity (Wildman–Crippen MR) is 94.7 cm³/mol. The third kappa shape index (κ3) is 2.53. The molecule has 0 saturated carbocycles. The molecule has 2 heterocycles. The van der Waals surface area contributed by atoms with Crippen LogP contribution >= 0.6 is 0 Å².